The Morgan fingerprint density at radius 2 is 1.94 bits per heavy atom. The van der Waals surface area contributed by atoms with Crippen molar-refractivity contribution in [3.05, 3.63) is 58.6 Å². The van der Waals surface area contributed by atoms with Crippen LogP contribution in [0, 0.1) is 6.92 Å². The molecule has 3 amide bonds. The SMILES string of the molecule is CC(=O)NC1=NN(C(C)=O)[C@]2(S1)C(=O)N(CCOc1ccccc1Cl)c1c(C)cccc12. The van der Waals surface area contributed by atoms with Crippen molar-refractivity contribution in [1.82, 2.24) is 10.3 Å². The summed E-state index contributed by atoms with van der Waals surface area (Å²) in [5, 5.41) is 8.68. The van der Waals surface area contributed by atoms with Gasteiger partial charge >= 0.3 is 0 Å². The van der Waals surface area contributed by atoms with Crippen LogP contribution in [0.1, 0.15) is 25.0 Å². The summed E-state index contributed by atoms with van der Waals surface area (Å²) in [7, 11) is 0. The quantitative estimate of drug-likeness (QED) is 0.737. The van der Waals surface area contributed by atoms with Gasteiger partial charge in [0, 0.05) is 19.4 Å². The van der Waals surface area contributed by atoms with E-state index in [0.29, 0.717) is 22.0 Å². The Kier molecular flexibility index (Phi) is 5.87. The zero-order chi connectivity index (χ0) is 23.0. The van der Waals surface area contributed by atoms with Crippen LogP contribution in [0.5, 0.6) is 5.75 Å². The number of thioether (sulfide) groups is 1. The fourth-order valence-electron chi connectivity index (χ4n) is 3.87. The zero-order valence-corrected chi connectivity index (χ0v) is 19.3. The van der Waals surface area contributed by atoms with Crippen LogP contribution in [-0.4, -0.2) is 41.0 Å². The standard InChI is InChI=1S/C22H21ClN4O4S/c1-13-7-6-8-16-19(13)26(11-12-31-18-10-5-4-9-17(18)23)20(30)22(16)27(15(3)29)25-21(32-22)24-14(2)28/h4-10H,11-12H2,1-3H3,(H,24,25,28)/t22-/m1/s1. The van der Waals surface area contributed by atoms with Gasteiger partial charge in [0.15, 0.2) is 5.17 Å². The number of fused-ring (bicyclic) bond motifs is 2. The van der Waals surface area contributed by atoms with Gasteiger partial charge < -0.3 is 15.0 Å². The number of nitrogens with one attached hydrogen (secondary N) is 1. The zero-order valence-electron chi connectivity index (χ0n) is 17.7. The number of hydrogen-bond acceptors (Lipinski definition) is 6. The number of amidine groups is 1. The van der Waals surface area contributed by atoms with Crippen molar-refractivity contribution in [2.45, 2.75) is 25.6 Å². The highest BCUT2D eigenvalue weighted by Gasteiger charge is 2.61. The van der Waals surface area contributed by atoms with Crippen molar-refractivity contribution < 1.29 is 19.1 Å². The lowest BCUT2D eigenvalue weighted by Crippen LogP contribution is -2.49. The van der Waals surface area contributed by atoms with E-state index in [4.69, 9.17) is 16.3 Å². The number of carbonyl (C=O) groups excluding carboxylic acids is 3. The Morgan fingerprint density at radius 1 is 1.19 bits per heavy atom. The molecule has 0 saturated heterocycles. The number of anilines is 1. The Morgan fingerprint density at radius 3 is 2.62 bits per heavy atom. The number of carbonyl (C=O) groups is 3. The summed E-state index contributed by atoms with van der Waals surface area (Å²) in [6, 6.07) is 12.7. The molecule has 0 aromatic heterocycles. The summed E-state index contributed by atoms with van der Waals surface area (Å²) in [5.41, 5.74) is 2.23. The third-order valence-corrected chi connectivity index (χ3v) is 6.68. The van der Waals surface area contributed by atoms with Gasteiger partial charge in [-0.25, -0.2) is 0 Å². The molecule has 8 nitrogen and oxygen atoms in total. The van der Waals surface area contributed by atoms with Crippen molar-refractivity contribution in [1.29, 1.82) is 0 Å². The lowest BCUT2D eigenvalue weighted by atomic mass is 10.0. The molecule has 1 spiro atoms. The molecular weight excluding hydrogens is 452 g/mol. The minimum Gasteiger partial charge on any atom is -0.490 e. The normalized spacial score (nSPS) is 19.2. The van der Waals surface area contributed by atoms with Gasteiger partial charge in [-0.3, -0.25) is 14.4 Å². The molecule has 2 aromatic carbocycles. The lowest BCUT2D eigenvalue weighted by molar-refractivity contribution is -0.139. The van der Waals surface area contributed by atoms with Gasteiger partial charge in [-0.2, -0.15) is 5.01 Å². The summed E-state index contributed by atoms with van der Waals surface area (Å²) in [6.07, 6.45) is 0. The van der Waals surface area contributed by atoms with Crippen LogP contribution in [0.15, 0.2) is 47.6 Å². The largest absolute Gasteiger partial charge is 0.490 e. The molecule has 1 N–H and O–H groups in total. The van der Waals surface area contributed by atoms with Crippen LogP contribution in [0.25, 0.3) is 0 Å². The first-order valence-electron chi connectivity index (χ1n) is 9.91. The summed E-state index contributed by atoms with van der Waals surface area (Å²) >= 11 is 7.21. The predicted molar refractivity (Wildman–Crippen MR) is 124 cm³/mol. The lowest BCUT2D eigenvalue weighted by Gasteiger charge is -2.29. The van der Waals surface area contributed by atoms with Crippen molar-refractivity contribution in [3.63, 3.8) is 0 Å². The van der Waals surface area contributed by atoms with Crippen LogP contribution in [0.2, 0.25) is 5.02 Å². The van der Waals surface area contributed by atoms with Gasteiger partial charge in [-0.1, -0.05) is 41.9 Å². The smallest absolute Gasteiger partial charge is 0.270 e. The molecule has 2 aromatic rings. The molecule has 0 bridgehead atoms. The first kappa shape index (κ1) is 22.2. The fraction of sp³-hybridized carbons (Fsp3) is 0.273. The van der Waals surface area contributed by atoms with Gasteiger partial charge in [0.1, 0.15) is 12.4 Å². The average Bonchev–Trinajstić information content (AvgIpc) is 3.22. The van der Waals surface area contributed by atoms with E-state index in [1.54, 1.807) is 17.0 Å². The number of para-hydroxylation sites is 2. The number of hydrogen-bond donors (Lipinski definition) is 1. The van der Waals surface area contributed by atoms with E-state index >= 15 is 0 Å². The van der Waals surface area contributed by atoms with E-state index in [2.05, 4.69) is 10.4 Å². The minimum absolute atomic E-state index is 0.197. The average molecular weight is 473 g/mol. The van der Waals surface area contributed by atoms with Gasteiger partial charge in [0.05, 0.1) is 17.3 Å². The summed E-state index contributed by atoms with van der Waals surface area (Å²) in [4.78, 5) is 38.1. The molecule has 0 saturated carbocycles. The summed E-state index contributed by atoms with van der Waals surface area (Å²) < 4.78 is 5.80. The number of amides is 3. The maximum Gasteiger partial charge on any atom is 0.270 e. The molecule has 166 valence electrons. The van der Waals surface area contributed by atoms with Crippen LogP contribution in [0.3, 0.4) is 0 Å². The minimum atomic E-state index is -1.42. The van der Waals surface area contributed by atoms with Crippen LogP contribution in [0.4, 0.5) is 5.69 Å². The third kappa shape index (κ3) is 3.61. The molecular formula is C22H21ClN4O4S. The molecule has 10 heteroatoms. The van der Waals surface area contributed by atoms with E-state index in [1.165, 1.54) is 13.8 Å². The highest BCUT2D eigenvalue weighted by atomic mass is 35.5. The summed E-state index contributed by atoms with van der Waals surface area (Å²) in [6.45, 7) is 5.03. The molecule has 2 aliphatic heterocycles. The molecule has 0 unspecified atom stereocenters. The summed E-state index contributed by atoms with van der Waals surface area (Å²) in [5.74, 6) is -0.546. The van der Waals surface area contributed by atoms with Gasteiger partial charge in [0.25, 0.3) is 5.91 Å². The van der Waals surface area contributed by atoms with Crippen molar-refractivity contribution in [2.24, 2.45) is 5.10 Å². The second-order valence-corrected chi connectivity index (χ2v) is 8.96. The monoisotopic (exact) mass is 472 g/mol. The van der Waals surface area contributed by atoms with Gasteiger partial charge in [0.2, 0.25) is 16.7 Å². The first-order valence-corrected chi connectivity index (χ1v) is 11.1. The van der Waals surface area contributed by atoms with Crippen molar-refractivity contribution >= 4 is 51.9 Å². The number of ether oxygens (including phenoxy) is 1. The Hall–Kier alpha value is -3.04. The fourth-order valence-corrected chi connectivity index (χ4v) is 5.39. The topological polar surface area (TPSA) is 91.3 Å². The molecule has 0 radical (unpaired) electrons. The Balaban J connectivity index is 1.68. The second-order valence-electron chi connectivity index (χ2n) is 7.37. The maximum atomic E-state index is 13.8. The van der Waals surface area contributed by atoms with E-state index < -0.39 is 10.8 Å². The molecule has 2 aliphatic rings. The Bertz CT molecular complexity index is 1150. The molecule has 0 fully saturated rings. The number of aryl methyl sites for hydroxylation is 1. The maximum absolute atomic E-state index is 13.8. The highest BCUT2D eigenvalue weighted by molar-refractivity contribution is 8.15. The van der Waals surface area contributed by atoms with Crippen LogP contribution < -0.4 is 15.0 Å². The van der Waals surface area contributed by atoms with E-state index in [9.17, 15) is 14.4 Å². The molecule has 1 atom stereocenters. The van der Waals surface area contributed by atoms with E-state index in [1.807, 2.05) is 37.3 Å². The van der Waals surface area contributed by atoms with Crippen molar-refractivity contribution in [3.8, 4) is 5.75 Å². The third-order valence-electron chi connectivity index (χ3n) is 5.13. The molecule has 32 heavy (non-hydrogen) atoms. The number of halogens is 1. The highest BCUT2D eigenvalue weighted by Crippen LogP contribution is 2.55. The number of nitrogens with zero attached hydrogens (tertiary/aromatic N) is 3. The molecule has 2 heterocycles. The van der Waals surface area contributed by atoms with Crippen LogP contribution in [-0.2, 0) is 19.3 Å². The number of rotatable bonds is 4. The second kappa shape index (κ2) is 8.48. The Labute approximate surface area is 194 Å². The van der Waals surface area contributed by atoms with Gasteiger partial charge in [-0.05, 0) is 36.4 Å². The van der Waals surface area contributed by atoms with E-state index in [0.717, 1.165) is 22.3 Å². The van der Waals surface area contributed by atoms with E-state index in [-0.39, 0.29) is 30.1 Å². The van der Waals surface area contributed by atoms with Crippen molar-refractivity contribution in [2.75, 3.05) is 18.1 Å². The number of benzene rings is 2. The first-order chi connectivity index (χ1) is 15.3. The number of hydrazone groups is 1. The van der Waals surface area contributed by atoms with Gasteiger partial charge in [-0.15, -0.1) is 5.10 Å². The molecule has 4 rings (SSSR count). The van der Waals surface area contributed by atoms with Crippen LogP contribution >= 0.6 is 23.4 Å². The predicted octanol–water partition coefficient (Wildman–Crippen LogP) is 3.23. The molecule has 0 aliphatic carbocycles.